The highest BCUT2D eigenvalue weighted by Gasteiger charge is 2.17. The minimum Gasteiger partial charge on any atom is -0.334 e. The average Bonchev–Trinajstić information content (AvgIpc) is 2.89. The summed E-state index contributed by atoms with van der Waals surface area (Å²) in [6, 6.07) is 12.1. The normalized spacial score (nSPS) is 15.2. The van der Waals surface area contributed by atoms with Gasteiger partial charge in [0.1, 0.15) is 5.82 Å². The van der Waals surface area contributed by atoms with Crippen LogP contribution in [0.25, 0.3) is 17.0 Å². The number of fused-ring (bicyclic) bond motifs is 2. The Kier molecular flexibility index (Phi) is 3.05. The molecule has 0 fully saturated rings. The van der Waals surface area contributed by atoms with Gasteiger partial charge in [0.25, 0.3) is 0 Å². The Bertz CT molecular complexity index is 871. The molecule has 5 heteroatoms. The highest BCUT2D eigenvalue weighted by atomic mass is 35.5. The van der Waals surface area contributed by atoms with Crippen molar-refractivity contribution >= 4 is 46.2 Å². The van der Waals surface area contributed by atoms with Gasteiger partial charge in [0.15, 0.2) is 0 Å². The van der Waals surface area contributed by atoms with Gasteiger partial charge in [-0.2, -0.15) is 0 Å². The Balaban J connectivity index is 1.76. The van der Waals surface area contributed by atoms with Gasteiger partial charge < -0.3 is 5.32 Å². The third-order valence-electron chi connectivity index (χ3n) is 3.25. The molecule has 3 nitrogen and oxygen atoms in total. The number of pyridine rings is 2. The molecule has 0 atom stereocenters. The molecule has 1 aliphatic rings. The maximum absolute atomic E-state index is 5.98. The van der Waals surface area contributed by atoms with Crippen molar-refractivity contribution in [2.45, 2.75) is 4.90 Å². The van der Waals surface area contributed by atoms with Crippen molar-refractivity contribution in [2.75, 3.05) is 5.32 Å². The van der Waals surface area contributed by atoms with Crippen molar-refractivity contribution in [1.82, 2.24) is 9.97 Å². The third kappa shape index (κ3) is 2.37. The maximum Gasteiger partial charge on any atom is 0.144 e. The van der Waals surface area contributed by atoms with Crippen molar-refractivity contribution < 1.29 is 0 Å². The van der Waals surface area contributed by atoms with Gasteiger partial charge in [-0.3, -0.25) is 4.98 Å². The lowest BCUT2D eigenvalue weighted by molar-refractivity contribution is 1.25. The molecular formula is C16H10ClN3S. The zero-order chi connectivity index (χ0) is 14.2. The summed E-state index contributed by atoms with van der Waals surface area (Å²) in [5, 5.41) is 6.13. The number of thioether (sulfide) groups is 1. The summed E-state index contributed by atoms with van der Waals surface area (Å²) in [5.41, 5.74) is 2.13. The van der Waals surface area contributed by atoms with E-state index in [0.29, 0.717) is 5.02 Å². The first kappa shape index (κ1) is 12.7. The number of nitrogens with one attached hydrogen (secondary N) is 1. The molecule has 0 saturated heterocycles. The molecule has 3 aromatic rings. The summed E-state index contributed by atoms with van der Waals surface area (Å²) in [5.74, 6) is 0.856. The van der Waals surface area contributed by atoms with Gasteiger partial charge in [-0.05, 0) is 29.8 Å². The van der Waals surface area contributed by atoms with E-state index < -0.39 is 0 Å². The molecule has 0 spiro atoms. The van der Waals surface area contributed by atoms with Gasteiger partial charge in [-0.1, -0.05) is 41.6 Å². The van der Waals surface area contributed by atoms with Gasteiger partial charge in [-0.25, -0.2) is 4.98 Å². The second kappa shape index (κ2) is 5.06. The van der Waals surface area contributed by atoms with Crippen LogP contribution >= 0.6 is 23.4 Å². The number of hydrogen-bond acceptors (Lipinski definition) is 4. The largest absolute Gasteiger partial charge is 0.334 e. The maximum atomic E-state index is 5.98. The van der Waals surface area contributed by atoms with E-state index in [4.69, 9.17) is 11.6 Å². The van der Waals surface area contributed by atoms with Gasteiger partial charge in [0, 0.05) is 17.8 Å². The van der Waals surface area contributed by atoms with Crippen LogP contribution in [0.15, 0.2) is 58.7 Å². The fourth-order valence-electron chi connectivity index (χ4n) is 2.30. The highest BCUT2D eigenvalue weighted by molar-refractivity contribution is 8.03. The van der Waals surface area contributed by atoms with E-state index in [2.05, 4.69) is 27.4 Å². The Morgan fingerprint density at radius 1 is 1.14 bits per heavy atom. The number of halogens is 1. The fraction of sp³-hybridized carbons (Fsp3) is 0. The van der Waals surface area contributed by atoms with E-state index in [1.165, 1.54) is 0 Å². The predicted molar refractivity (Wildman–Crippen MR) is 88.4 cm³/mol. The molecule has 4 rings (SSSR count). The lowest BCUT2D eigenvalue weighted by Crippen LogP contribution is -1.91. The molecule has 21 heavy (non-hydrogen) atoms. The lowest BCUT2D eigenvalue weighted by Gasteiger charge is -2.03. The topological polar surface area (TPSA) is 37.8 Å². The SMILES string of the molecule is Clc1cnc2c(c1)S/C(=C/c1ccnc3ccccc13)N2. The van der Waals surface area contributed by atoms with Crippen LogP contribution in [0.2, 0.25) is 5.02 Å². The van der Waals surface area contributed by atoms with Crippen molar-refractivity contribution in [3.63, 3.8) is 0 Å². The first-order chi connectivity index (χ1) is 10.3. The number of anilines is 1. The Labute approximate surface area is 131 Å². The standard InChI is InChI=1S/C16H10ClN3S/c17-11-8-14-16(19-9-11)20-15(21-14)7-10-5-6-18-13-4-2-1-3-12(10)13/h1-9H,(H,19,20)/b15-7+. The van der Waals surface area contributed by atoms with Crippen LogP contribution in [0.1, 0.15) is 5.56 Å². The summed E-state index contributed by atoms with van der Waals surface area (Å²) in [6.45, 7) is 0. The Morgan fingerprint density at radius 3 is 3.00 bits per heavy atom. The molecule has 0 saturated carbocycles. The Morgan fingerprint density at radius 2 is 2.05 bits per heavy atom. The minimum absolute atomic E-state index is 0.652. The van der Waals surface area contributed by atoms with E-state index >= 15 is 0 Å². The van der Waals surface area contributed by atoms with Crippen molar-refractivity contribution in [1.29, 1.82) is 0 Å². The fourth-order valence-corrected chi connectivity index (χ4v) is 3.48. The molecule has 102 valence electrons. The van der Waals surface area contributed by atoms with Gasteiger partial charge in [0.2, 0.25) is 0 Å². The second-order valence-electron chi connectivity index (χ2n) is 4.65. The van der Waals surface area contributed by atoms with E-state index in [1.54, 1.807) is 18.0 Å². The van der Waals surface area contributed by atoms with Crippen LogP contribution in [-0.2, 0) is 0 Å². The molecule has 1 aliphatic heterocycles. The number of hydrogen-bond donors (Lipinski definition) is 1. The number of rotatable bonds is 1. The summed E-state index contributed by atoms with van der Waals surface area (Å²) >= 11 is 7.61. The van der Waals surface area contributed by atoms with Crippen LogP contribution < -0.4 is 5.32 Å². The number of benzene rings is 1. The summed E-state index contributed by atoms with van der Waals surface area (Å²) in [6.07, 6.45) is 5.60. The monoisotopic (exact) mass is 311 g/mol. The highest BCUT2D eigenvalue weighted by Crippen LogP contribution is 2.41. The van der Waals surface area contributed by atoms with Crippen LogP contribution in [0.5, 0.6) is 0 Å². The quantitative estimate of drug-likeness (QED) is 0.700. The van der Waals surface area contributed by atoms with Crippen LogP contribution in [0.4, 0.5) is 5.82 Å². The molecule has 0 unspecified atom stereocenters. The van der Waals surface area contributed by atoms with Gasteiger partial charge >= 0.3 is 0 Å². The van der Waals surface area contributed by atoms with Crippen molar-refractivity contribution in [3.05, 3.63) is 64.4 Å². The van der Waals surface area contributed by atoms with Crippen molar-refractivity contribution in [3.8, 4) is 0 Å². The van der Waals surface area contributed by atoms with Gasteiger partial charge in [-0.15, -0.1) is 0 Å². The second-order valence-corrected chi connectivity index (χ2v) is 6.17. The molecule has 0 aliphatic carbocycles. The third-order valence-corrected chi connectivity index (χ3v) is 4.43. The van der Waals surface area contributed by atoms with Crippen LogP contribution in [0.3, 0.4) is 0 Å². The van der Waals surface area contributed by atoms with E-state index in [1.807, 2.05) is 36.5 Å². The summed E-state index contributed by atoms with van der Waals surface area (Å²) in [4.78, 5) is 9.73. The molecular weight excluding hydrogens is 302 g/mol. The number of para-hydroxylation sites is 1. The first-order valence-corrected chi connectivity index (χ1v) is 7.65. The smallest absolute Gasteiger partial charge is 0.144 e. The molecule has 0 amide bonds. The van der Waals surface area contributed by atoms with E-state index in [9.17, 15) is 0 Å². The number of nitrogens with zero attached hydrogens (tertiary/aromatic N) is 2. The van der Waals surface area contributed by atoms with Crippen molar-refractivity contribution in [2.24, 2.45) is 0 Å². The molecule has 0 radical (unpaired) electrons. The molecule has 3 heterocycles. The molecule has 1 aromatic carbocycles. The summed E-state index contributed by atoms with van der Waals surface area (Å²) < 4.78 is 0. The molecule has 2 aromatic heterocycles. The zero-order valence-electron chi connectivity index (χ0n) is 10.9. The lowest BCUT2D eigenvalue weighted by atomic mass is 10.1. The Hall–Kier alpha value is -2.04. The van der Waals surface area contributed by atoms with Crippen LogP contribution in [-0.4, -0.2) is 9.97 Å². The molecule has 0 bridgehead atoms. The van der Waals surface area contributed by atoms with E-state index in [-0.39, 0.29) is 0 Å². The minimum atomic E-state index is 0.652. The average molecular weight is 312 g/mol. The van der Waals surface area contributed by atoms with Crippen LogP contribution in [0, 0.1) is 0 Å². The zero-order valence-corrected chi connectivity index (χ0v) is 12.4. The number of aromatic nitrogens is 2. The molecule has 1 N–H and O–H groups in total. The van der Waals surface area contributed by atoms with Gasteiger partial charge in [0.05, 0.1) is 20.5 Å². The van der Waals surface area contributed by atoms with E-state index in [0.717, 1.165) is 32.2 Å². The first-order valence-electron chi connectivity index (χ1n) is 6.45. The summed E-state index contributed by atoms with van der Waals surface area (Å²) in [7, 11) is 0. The predicted octanol–water partition coefficient (Wildman–Crippen LogP) is 4.80.